The fourth-order valence-corrected chi connectivity index (χ4v) is 5.21. The van der Waals surface area contributed by atoms with Gasteiger partial charge in [0.15, 0.2) is 0 Å². The predicted molar refractivity (Wildman–Crippen MR) is 125 cm³/mol. The normalized spacial score (nSPS) is 21.8. The Hall–Kier alpha value is -2.19. The maximum Gasteiger partial charge on any atom is 0.242 e. The zero-order chi connectivity index (χ0) is 22.8. The van der Waals surface area contributed by atoms with Gasteiger partial charge < -0.3 is 5.11 Å². The van der Waals surface area contributed by atoms with Crippen molar-refractivity contribution < 1.29 is 13.5 Å². The molecule has 1 N–H and O–H groups in total. The minimum Gasteiger partial charge on any atom is -0.508 e. The van der Waals surface area contributed by atoms with E-state index in [1.807, 2.05) is 30.3 Å². The first-order valence-corrected chi connectivity index (χ1v) is 12.0. The molecule has 3 atom stereocenters. The molecule has 3 rings (SSSR count). The van der Waals surface area contributed by atoms with Gasteiger partial charge in [0.05, 0.1) is 10.9 Å². The molecule has 1 aliphatic rings. The van der Waals surface area contributed by atoms with Crippen molar-refractivity contribution >= 4 is 10.0 Å². The van der Waals surface area contributed by atoms with Crippen LogP contribution in [0.2, 0.25) is 0 Å². The number of phenolic OH excluding ortho intramolecular Hbond substituents is 1. The van der Waals surface area contributed by atoms with Gasteiger partial charge in [-0.25, -0.2) is 12.7 Å². The molecule has 1 heterocycles. The fourth-order valence-electron chi connectivity index (χ4n) is 4.31. The Morgan fingerprint density at radius 3 is 2.35 bits per heavy atom. The van der Waals surface area contributed by atoms with Gasteiger partial charge >= 0.3 is 0 Å². The van der Waals surface area contributed by atoms with Crippen molar-refractivity contribution in [3.8, 4) is 5.75 Å². The van der Waals surface area contributed by atoms with Crippen LogP contribution in [0.15, 0.2) is 66.1 Å². The lowest BCUT2D eigenvalue weighted by molar-refractivity contribution is 0.0306. The summed E-state index contributed by atoms with van der Waals surface area (Å²) in [5.74, 6) is 0.223. The van der Waals surface area contributed by atoms with Gasteiger partial charge in [0, 0.05) is 45.8 Å². The lowest BCUT2D eigenvalue weighted by Gasteiger charge is -2.47. The molecule has 0 amide bonds. The first kappa shape index (κ1) is 23.5. The molecule has 1 unspecified atom stereocenters. The van der Waals surface area contributed by atoms with E-state index in [1.165, 1.54) is 18.4 Å². The maximum absolute atomic E-state index is 12.5. The van der Waals surface area contributed by atoms with Gasteiger partial charge in [-0.2, -0.15) is 0 Å². The number of hydrogen-bond acceptors (Lipinski definition) is 5. The van der Waals surface area contributed by atoms with Crippen molar-refractivity contribution in [3.63, 3.8) is 0 Å². The van der Waals surface area contributed by atoms with Crippen molar-refractivity contribution in [3.05, 3.63) is 72.3 Å². The van der Waals surface area contributed by atoms with E-state index < -0.39 is 10.0 Å². The molecule has 168 valence electrons. The number of hydrogen-bond donors (Lipinski definition) is 1. The van der Waals surface area contributed by atoms with E-state index in [0.29, 0.717) is 6.04 Å². The van der Waals surface area contributed by atoms with E-state index in [2.05, 4.69) is 30.2 Å². The highest BCUT2D eigenvalue weighted by Gasteiger charge is 2.34. The van der Waals surface area contributed by atoms with Crippen molar-refractivity contribution in [2.24, 2.45) is 0 Å². The smallest absolute Gasteiger partial charge is 0.242 e. The van der Waals surface area contributed by atoms with E-state index in [0.717, 1.165) is 30.8 Å². The SMILES string of the molecule is C=CCN1CC(C)N([C@H](c2ccc(S(=O)(=O)N(C)C)cc2)c2cccc(O)c2)C[C@@H]1C. The fraction of sp³-hybridized carbons (Fsp3) is 0.417. The topological polar surface area (TPSA) is 64.1 Å². The number of rotatable bonds is 7. The summed E-state index contributed by atoms with van der Waals surface area (Å²) in [5.41, 5.74) is 1.99. The van der Waals surface area contributed by atoms with Crippen LogP contribution in [0.5, 0.6) is 5.75 Å². The summed E-state index contributed by atoms with van der Waals surface area (Å²) in [6, 6.07) is 15.0. The van der Waals surface area contributed by atoms with Crippen LogP contribution in [0.4, 0.5) is 0 Å². The molecule has 0 radical (unpaired) electrons. The van der Waals surface area contributed by atoms with Gasteiger partial charge in [0.2, 0.25) is 10.0 Å². The van der Waals surface area contributed by atoms with Gasteiger partial charge in [-0.15, -0.1) is 6.58 Å². The molecule has 7 heteroatoms. The lowest BCUT2D eigenvalue weighted by Crippen LogP contribution is -2.57. The largest absolute Gasteiger partial charge is 0.508 e. The molecular weight excluding hydrogens is 410 g/mol. The van der Waals surface area contributed by atoms with E-state index in [-0.39, 0.29) is 22.7 Å². The summed E-state index contributed by atoms with van der Waals surface area (Å²) in [6.07, 6.45) is 1.94. The average molecular weight is 444 g/mol. The molecule has 0 saturated carbocycles. The highest BCUT2D eigenvalue weighted by Crippen LogP contribution is 2.35. The average Bonchev–Trinajstić information content (AvgIpc) is 2.72. The van der Waals surface area contributed by atoms with Crippen LogP contribution in [0.25, 0.3) is 0 Å². The van der Waals surface area contributed by atoms with Gasteiger partial charge in [-0.1, -0.05) is 30.3 Å². The second-order valence-corrected chi connectivity index (χ2v) is 10.6. The third-order valence-corrected chi connectivity index (χ3v) is 7.85. The van der Waals surface area contributed by atoms with E-state index in [1.54, 1.807) is 24.3 Å². The van der Waals surface area contributed by atoms with Gasteiger partial charge in [0.1, 0.15) is 5.75 Å². The second-order valence-electron chi connectivity index (χ2n) is 8.49. The summed E-state index contributed by atoms with van der Waals surface area (Å²) in [6.45, 7) is 10.9. The van der Waals surface area contributed by atoms with Crippen molar-refractivity contribution in [1.29, 1.82) is 0 Å². The van der Waals surface area contributed by atoms with E-state index in [9.17, 15) is 13.5 Å². The summed E-state index contributed by atoms with van der Waals surface area (Å²) in [7, 11) is -0.420. The molecule has 0 aromatic heterocycles. The zero-order valence-electron chi connectivity index (χ0n) is 18.8. The Labute approximate surface area is 186 Å². The molecular formula is C24H33N3O3S. The molecule has 2 aromatic carbocycles. The third kappa shape index (κ3) is 5.01. The van der Waals surface area contributed by atoms with E-state index >= 15 is 0 Å². The lowest BCUT2D eigenvalue weighted by atomic mass is 9.93. The van der Waals surface area contributed by atoms with E-state index in [4.69, 9.17) is 0 Å². The van der Waals surface area contributed by atoms with Crippen LogP contribution in [0.1, 0.15) is 31.0 Å². The highest BCUT2D eigenvalue weighted by atomic mass is 32.2. The number of benzene rings is 2. The molecule has 0 bridgehead atoms. The molecule has 1 saturated heterocycles. The summed E-state index contributed by atoms with van der Waals surface area (Å²) in [4.78, 5) is 5.13. The minimum absolute atomic E-state index is 0.0912. The zero-order valence-corrected chi connectivity index (χ0v) is 19.6. The Morgan fingerprint density at radius 1 is 1.10 bits per heavy atom. The Balaban J connectivity index is 2.01. The molecule has 0 spiro atoms. The summed E-state index contributed by atoms with van der Waals surface area (Å²) < 4.78 is 26.2. The van der Waals surface area contributed by atoms with Crippen LogP contribution >= 0.6 is 0 Å². The van der Waals surface area contributed by atoms with Crippen molar-refractivity contribution in [1.82, 2.24) is 14.1 Å². The molecule has 1 aliphatic heterocycles. The molecule has 2 aromatic rings. The first-order valence-electron chi connectivity index (χ1n) is 10.6. The Kier molecular flexibility index (Phi) is 7.21. The van der Waals surface area contributed by atoms with Crippen LogP contribution in [0.3, 0.4) is 0 Å². The third-order valence-electron chi connectivity index (χ3n) is 6.02. The molecule has 31 heavy (non-hydrogen) atoms. The highest BCUT2D eigenvalue weighted by molar-refractivity contribution is 7.89. The van der Waals surface area contributed by atoms with Gasteiger partial charge in [-0.05, 0) is 49.2 Å². The number of phenols is 1. The quantitative estimate of drug-likeness (QED) is 0.665. The second kappa shape index (κ2) is 9.53. The van der Waals surface area contributed by atoms with Crippen LogP contribution < -0.4 is 0 Å². The van der Waals surface area contributed by atoms with Crippen LogP contribution in [0, 0.1) is 0 Å². The monoisotopic (exact) mass is 443 g/mol. The van der Waals surface area contributed by atoms with Crippen molar-refractivity contribution in [2.75, 3.05) is 33.7 Å². The Morgan fingerprint density at radius 2 is 1.77 bits per heavy atom. The summed E-state index contributed by atoms with van der Waals surface area (Å²) >= 11 is 0. The maximum atomic E-state index is 12.5. The number of sulfonamides is 1. The summed E-state index contributed by atoms with van der Waals surface area (Å²) in [5, 5.41) is 10.1. The van der Waals surface area contributed by atoms with Crippen molar-refractivity contribution in [2.45, 2.75) is 36.9 Å². The minimum atomic E-state index is -3.49. The van der Waals surface area contributed by atoms with Gasteiger partial charge in [-0.3, -0.25) is 9.80 Å². The number of nitrogens with zero attached hydrogens (tertiary/aromatic N) is 3. The number of piperazine rings is 1. The van der Waals surface area contributed by atoms with Gasteiger partial charge in [0.25, 0.3) is 0 Å². The Bertz CT molecular complexity index is 1000. The molecule has 1 fully saturated rings. The predicted octanol–water partition coefficient (Wildman–Crippen LogP) is 3.31. The standard InChI is InChI=1S/C24H33N3O3S/c1-6-14-26-16-19(3)27(17-18(26)2)24(21-8-7-9-22(28)15-21)20-10-12-23(13-11-20)31(29,30)25(4)5/h6-13,15,18-19,24,28H,1,14,16-17H2,2-5H3/t18-,19?,24+/m0/s1. The van der Waals surface area contributed by atoms with Crippen LogP contribution in [-0.4, -0.2) is 73.4 Å². The van der Waals surface area contributed by atoms with Crippen LogP contribution in [-0.2, 0) is 10.0 Å². The molecule has 6 nitrogen and oxygen atoms in total. The molecule has 0 aliphatic carbocycles. The number of aromatic hydroxyl groups is 1. The first-order chi connectivity index (χ1) is 14.6.